The number of fused-ring (bicyclic) bond motifs is 1. The highest BCUT2D eigenvalue weighted by Crippen LogP contribution is 2.47. The summed E-state index contributed by atoms with van der Waals surface area (Å²) in [5.41, 5.74) is 5.01. The molecule has 0 aromatic heterocycles. The Morgan fingerprint density at radius 3 is 2.05 bits per heavy atom. The monoisotopic (exact) mass is 795 g/mol. The molecule has 1 saturated heterocycles. The first-order valence-corrected chi connectivity index (χ1v) is 22.4. The molecule has 2 amide bonds. The molecular weight excluding hydrogens is 735 g/mol. The van der Waals surface area contributed by atoms with Crippen LogP contribution in [0.2, 0.25) is 5.04 Å². The van der Waals surface area contributed by atoms with E-state index in [1.807, 2.05) is 62.4 Å². The molecule has 1 fully saturated rings. The zero-order valence-corrected chi connectivity index (χ0v) is 35.5. The average Bonchev–Trinajstić information content (AvgIpc) is 3.42. The van der Waals surface area contributed by atoms with E-state index in [1.54, 1.807) is 0 Å². The number of aliphatic carboxylic acids is 1. The number of rotatable bonds is 18. The molecule has 57 heavy (non-hydrogen) atoms. The van der Waals surface area contributed by atoms with Crippen molar-refractivity contribution in [2.75, 3.05) is 19.8 Å². The number of phenolic OH excluding ortho intramolecular Hbond substituents is 1. The van der Waals surface area contributed by atoms with Crippen molar-refractivity contribution in [3.05, 3.63) is 106 Å². The zero-order valence-electron chi connectivity index (χ0n) is 34.5. The molecule has 1 heterocycles. The predicted octanol–water partition coefficient (Wildman–Crippen LogP) is 7.08. The van der Waals surface area contributed by atoms with Crippen molar-refractivity contribution in [3.8, 4) is 5.75 Å². The summed E-state index contributed by atoms with van der Waals surface area (Å²) in [4.78, 5) is 40.6. The van der Waals surface area contributed by atoms with Gasteiger partial charge >= 0.3 is 5.97 Å². The molecule has 10 heteroatoms. The quantitative estimate of drug-likeness (QED) is 0.0463. The first-order valence-electron chi connectivity index (χ1n) is 20.5. The fraction of sp³-hybridized carbons (Fsp3) is 0.468. The van der Waals surface area contributed by atoms with Gasteiger partial charge in [0.2, 0.25) is 11.8 Å². The van der Waals surface area contributed by atoms with Crippen LogP contribution in [0.15, 0.2) is 89.5 Å². The molecule has 4 N–H and O–H groups in total. The van der Waals surface area contributed by atoms with Crippen molar-refractivity contribution >= 4 is 42.6 Å². The van der Waals surface area contributed by atoms with E-state index < -0.39 is 44.8 Å². The SMILES string of the molecule is CC/C(=C\c1cc(C)c(O)c(C)c1)CC[C@@H](O)C1=C(CO[Si](c2ccccc2)(c2ccccc2)C(C)(C)C)C[C@H]2C(=O)N(CCCCCC(=O)O)C(=O)[C@H]2[C@H]1CO. The molecule has 3 aromatic carbocycles. The predicted molar refractivity (Wildman–Crippen MR) is 227 cm³/mol. The van der Waals surface area contributed by atoms with Crippen LogP contribution in [0.4, 0.5) is 0 Å². The number of benzene rings is 3. The Kier molecular flexibility index (Phi) is 14.5. The highest BCUT2D eigenvalue weighted by molar-refractivity contribution is 6.99. The third-order valence-electron chi connectivity index (χ3n) is 12.1. The number of aromatic hydroxyl groups is 1. The van der Waals surface area contributed by atoms with Crippen LogP contribution < -0.4 is 10.4 Å². The maximum absolute atomic E-state index is 14.1. The third-order valence-corrected chi connectivity index (χ3v) is 17.0. The lowest BCUT2D eigenvalue weighted by atomic mass is 9.68. The lowest BCUT2D eigenvalue weighted by Gasteiger charge is -2.44. The molecule has 1 aliphatic heterocycles. The Labute approximate surface area is 339 Å². The Morgan fingerprint density at radius 2 is 1.53 bits per heavy atom. The molecule has 0 spiro atoms. The van der Waals surface area contributed by atoms with Gasteiger partial charge in [0.05, 0.1) is 31.2 Å². The van der Waals surface area contributed by atoms with Gasteiger partial charge in [-0.15, -0.1) is 0 Å². The number of carboxylic acids is 1. The molecule has 306 valence electrons. The number of hydrogen-bond donors (Lipinski definition) is 4. The number of carboxylic acid groups (broad SMARTS) is 1. The van der Waals surface area contributed by atoms with Crippen LogP contribution in [-0.2, 0) is 18.8 Å². The largest absolute Gasteiger partial charge is 0.507 e. The normalized spacial score (nSPS) is 19.6. The van der Waals surface area contributed by atoms with Gasteiger partial charge in [-0.05, 0) is 108 Å². The maximum atomic E-state index is 14.1. The number of phenols is 1. The number of likely N-dealkylation sites (tertiary alicyclic amines) is 1. The number of amides is 2. The molecule has 2 aliphatic rings. The second-order valence-corrected chi connectivity index (χ2v) is 21.2. The maximum Gasteiger partial charge on any atom is 0.303 e. The highest BCUT2D eigenvalue weighted by atomic mass is 28.4. The van der Waals surface area contributed by atoms with Gasteiger partial charge in [-0.3, -0.25) is 19.3 Å². The molecule has 0 unspecified atom stereocenters. The number of imide groups is 1. The summed E-state index contributed by atoms with van der Waals surface area (Å²) in [7, 11) is -3.05. The summed E-state index contributed by atoms with van der Waals surface area (Å²) in [6.45, 7) is 12.3. The van der Waals surface area contributed by atoms with E-state index in [4.69, 9.17) is 9.53 Å². The van der Waals surface area contributed by atoms with Crippen molar-refractivity contribution < 1.29 is 39.2 Å². The summed E-state index contributed by atoms with van der Waals surface area (Å²) in [5.74, 6) is -3.51. The number of aliphatic hydroxyl groups excluding tert-OH is 2. The molecule has 0 radical (unpaired) electrons. The minimum absolute atomic E-state index is 0.0305. The minimum atomic E-state index is -3.05. The second kappa shape index (κ2) is 18.9. The van der Waals surface area contributed by atoms with Crippen LogP contribution in [0.25, 0.3) is 6.08 Å². The summed E-state index contributed by atoms with van der Waals surface area (Å²) < 4.78 is 7.38. The lowest BCUT2D eigenvalue weighted by Crippen LogP contribution is -2.66. The number of allylic oxidation sites excluding steroid dienone is 1. The molecule has 0 saturated carbocycles. The van der Waals surface area contributed by atoms with Crippen LogP contribution >= 0.6 is 0 Å². The van der Waals surface area contributed by atoms with E-state index in [-0.39, 0.29) is 48.6 Å². The number of nitrogens with zero attached hydrogens (tertiary/aromatic N) is 1. The zero-order chi connectivity index (χ0) is 41.5. The van der Waals surface area contributed by atoms with Crippen molar-refractivity contribution in [1.29, 1.82) is 0 Å². The standard InChI is InChI=1S/C47H61NO8Si/c1-7-33(27-34-25-31(2)44(53)32(3)26-34)22-23-40(50)42-35(28-38-43(39(42)29-49)46(55)48(45(38)54)24-16-10-15-21-41(51)52)30-56-57(47(4,5)6,36-17-11-8-12-18-36)37-19-13-9-14-20-37/h8-9,11-14,17-20,25-27,38-40,43,49-50,53H,7,10,15-16,21-24,28-30H2,1-6H3,(H,51,52)/b33-27+/t38-,39+,40-,43-/m1/s1. The number of unbranched alkanes of at least 4 members (excludes halogenated alkanes) is 2. The molecule has 9 nitrogen and oxygen atoms in total. The number of hydrogen-bond acceptors (Lipinski definition) is 7. The van der Waals surface area contributed by atoms with Crippen molar-refractivity contribution in [1.82, 2.24) is 4.90 Å². The van der Waals surface area contributed by atoms with Gasteiger partial charge in [0.1, 0.15) is 5.75 Å². The molecule has 1 aliphatic carbocycles. The Morgan fingerprint density at radius 1 is 0.930 bits per heavy atom. The Bertz CT molecular complexity index is 1890. The van der Waals surface area contributed by atoms with Gasteiger partial charge in [-0.2, -0.15) is 0 Å². The smallest absolute Gasteiger partial charge is 0.303 e. The Balaban J connectivity index is 1.53. The van der Waals surface area contributed by atoms with E-state index in [0.29, 0.717) is 37.7 Å². The molecule has 3 aromatic rings. The van der Waals surface area contributed by atoms with Crippen LogP contribution in [0.3, 0.4) is 0 Å². The van der Waals surface area contributed by atoms with Gasteiger partial charge < -0.3 is 24.9 Å². The minimum Gasteiger partial charge on any atom is -0.507 e. The first kappa shape index (κ1) is 43.8. The average molecular weight is 796 g/mol. The fourth-order valence-electron chi connectivity index (χ4n) is 9.19. The van der Waals surface area contributed by atoms with Gasteiger partial charge in [-0.1, -0.05) is 106 Å². The van der Waals surface area contributed by atoms with E-state index in [9.17, 15) is 29.7 Å². The van der Waals surface area contributed by atoms with Crippen LogP contribution in [-0.4, -0.2) is 77.3 Å². The van der Waals surface area contributed by atoms with E-state index in [1.165, 1.54) is 4.90 Å². The fourth-order valence-corrected chi connectivity index (χ4v) is 13.7. The van der Waals surface area contributed by atoms with Gasteiger partial charge in [0.15, 0.2) is 0 Å². The lowest BCUT2D eigenvalue weighted by molar-refractivity contribution is -0.141. The summed E-state index contributed by atoms with van der Waals surface area (Å²) in [6, 6.07) is 24.4. The van der Waals surface area contributed by atoms with E-state index >= 15 is 0 Å². The van der Waals surface area contributed by atoms with Gasteiger partial charge in [-0.25, -0.2) is 0 Å². The topological polar surface area (TPSA) is 145 Å². The van der Waals surface area contributed by atoms with Crippen LogP contribution in [0.1, 0.15) is 95.8 Å². The molecule has 0 bridgehead atoms. The third kappa shape index (κ3) is 9.52. The van der Waals surface area contributed by atoms with Crippen molar-refractivity contribution in [3.63, 3.8) is 0 Å². The van der Waals surface area contributed by atoms with E-state index in [2.05, 4.69) is 58.0 Å². The summed E-state index contributed by atoms with van der Waals surface area (Å²) >= 11 is 0. The number of carbonyl (C=O) groups is 3. The van der Waals surface area contributed by atoms with Gasteiger partial charge in [0, 0.05) is 18.9 Å². The number of aryl methyl sites for hydroxylation is 2. The first-order chi connectivity index (χ1) is 27.1. The van der Waals surface area contributed by atoms with Crippen LogP contribution in [0.5, 0.6) is 5.75 Å². The molecule has 5 rings (SSSR count). The number of aliphatic hydroxyl groups is 2. The Hall–Kier alpha value is -4.35. The second-order valence-electron chi connectivity index (χ2n) is 16.9. The van der Waals surface area contributed by atoms with Crippen LogP contribution in [0, 0.1) is 31.6 Å². The molecular formula is C47H61NO8Si. The highest BCUT2D eigenvalue weighted by Gasteiger charge is 2.56. The summed E-state index contributed by atoms with van der Waals surface area (Å²) in [6.07, 6.45) is 4.52. The van der Waals surface area contributed by atoms with Crippen molar-refractivity contribution in [2.45, 2.75) is 104 Å². The summed E-state index contributed by atoms with van der Waals surface area (Å²) in [5, 5.41) is 44.6. The van der Waals surface area contributed by atoms with E-state index in [0.717, 1.165) is 44.6 Å². The molecule has 4 atom stereocenters. The number of carbonyl (C=O) groups excluding carboxylic acids is 2. The van der Waals surface area contributed by atoms with Gasteiger partial charge in [0.25, 0.3) is 8.32 Å². The van der Waals surface area contributed by atoms with Crippen molar-refractivity contribution in [2.24, 2.45) is 17.8 Å².